The number of alkyl halides is 3. The number of amides is 1. The Morgan fingerprint density at radius 2 is 1.84 bits per heavy atom. The van der Waals surface area contributed by atoms with Crippen molar-refractivity contribution in [2.45, 2.75) is 38.9 Å². The minimum Gasteiger partial charge on any atom is -0.466 e. The second kappa shape index (κ2) is 7.12. The maximum atomic E-state index is 13.2. The van der Waals surface area contributed by atoms with Gasteiger partial charge >= 0.3 is 18.1 Å². The van der Waals surface area contributed by atoms with Crippen LogP contribution in [0.4, 0.5) is 13.2 Å². The SMILES string of the molecule is CCOC(=O)[C@@H]1C[C@]2(C#N)C(c3ccccc3)=C(C#N)[C@@]1(C)C2(C)NC(=O)C(F)(F)F. The molecule has 4 atom stereocenters. The molecular formula is C22H20F3N3O3. The van der Waals surface area contributed by atoms with Crippen LogP contribution in [0.5, 0.6) is 0 Å². The van der Waals surface area contributed by atoms with Crippen LogP contribution in [0.25, 0.3) is 5.57 Å². The lowest BCUT2D eigenvalue weighted by Gasteiger charge is -2.43. The van der Waals surface area contributed by atoms with Crippen LogP contribution >= 0.6 is 0 Å². The first kappa shape index (κ1) is 22.4. The lowest BCUT2D eigenvalue weighted by atomic mass is 9.66. The fourth-order valence-electron chi connectivity index (χ4n) is 5.23. The first-order chi connectivity index (χ1) is 14.4. The standard InChI is InChI=1S/C22H20F3N3O3/c1-4-31-17(29)14-10-21(12-27)16(13-8-6-5-7-9-13)15(11-26)19(14,2)20(21,3)28-18(30)22(23,24)25/h5-9,14H,4,10H2,1-3H3,(H,28,30)/t14-,19-,20?,21-/m0/s1. The molecule has 1 N–H and O–H groups in total. The molecule has 1 aromatic carbocycles. The van der Waals surface area contributed by atoms with Gasteiger partial charge in [0.1, 0.15) is 5.41 Å². The lowest BCUT2D eigenvalue weighted by Crippen LogP contribution is -2.62. The first-order valence-corrected chi connectivity index (χ1v) is 9.62. The Bertz CT molecular complexity index is 1050. The molecule has 0 aliphatic heterocycles. The summed E-state index contributed by atoms with van der Waals surface area (Å²) in [6, 6.07) is 12.5. The summed E-state index contributed by atoms with van der Waals surface area (Å²) in [4.78, 5) is 24.8. The zero-order chi connectivity index (χ0) is 23.2. The summed E-state index contributed by atoms with van der Waals surface area (Å²) in [5, 5.41) is 22.3. The minimum atomic E-state index is -5.21. The zero-order valence-electron chi connectivity index (χ0n) is 17.1. The van der Waals surface area contributed by atoms with Crippen LogP contribution in [0.2, 0.25) is 0 Å². The van der Waals surface area contributed by atoms with E-state index in [-0.39, 0.29) is 24.2 Å². The number of esters is 1. The third-order valence-corrected chi connectivity index (χ3v) is 6.85. The van der Waals surface area contributed by atoms with Gasteiger partial charge in [-0.15, -0.1) is 0 Å². The van der Waals surface area contributed by atoms with Crippen molar-refractivity contribution < 1.29 is 27.5 Å². The monoisotopic (exact) mass is 431 g/mol. The zero-order valence-corrected chi connectivity index (χ0v) is 17.1. The molecule has 0 aromatic heterocycles. The molecule has 9 heteroatoms. The summed E-state index contributed by atoms with van der Waals surface area (Å²) in [5.74, 6) is -4.06. The van der Waals surface area contributed by atoms with E-state index in [1.165, 1.54) is 13.8 Å². The molecule has 162 valence electrons. The summed E-state index contributed by atoms with van der Waals surface area (Å²) in [5.41, 5.74) is -4.56. The number of rotatable bonds is 4. The maximum absolute atomic E-state index is 13.2. The quantitative estimate of drug-likeness (QED) is 0.735. The number of benzene rings is 1. The Morgan fingerprint density at radius 3 is 2.32 bits per heavy atom. The van der Waals surface area contributed by atoms with Crippen LogP contribution in [-0.2, 0) is 14.3 Å². The van der Waals surface area contributed by atoms with Crippen molar-refractivity contribution in [1.29, 1.82) is 10.5 Å². The molecule has 1 amide bonds. The highest BCUT2D eigenvalue weighted by molar-refractivity contribution is 5.93. The summed E-state index contributed by atoms with van der Waals surface area (Å²) in [6.45, 7) is 4.34. The van der Waals surface area contributed by atoms with Crippen molar-refractivity contribution in [3.05, 3.63) is 41.5 Å². The van der Waals surface area contributed by atoms with Crippen LogP contribution in [0, 0.1) is 39.4 Å². The normalized spacial score (nSPS) is 31.7. The molecule has 2 bridgehead atoms. The van der Waals surface area contributed by atoms with E-state index in [4.69, 9.17) is 4.74 Å². The Morgan fingerprint density at radius 1 is 1.23 bits per heavy atom. The Balaban J connectivity index is 2.34. The molecule has 0 heterocycles. The first-order valence-electron chi connectivity index (χ1n) is 9.62. The molecule has 6 nitrogen and oxygen atoms in total. The van der Waals surface area contributed by atoms with Crippen molar-refractivity contribution >= 4 is 17.4 Å². The smallest absolute Gasteiger partial charge is 0.466 e. The lowest BCUT2D eigenvalue weighted by molar-refractivity contribution is -0.177. The molecule has 3 rings (SSSR count). The van der Waals surface area contributed by atoms with E-state index in [1.54, 1.807) is 37.3 Å². The number of nitrogens with zero attached hydrogens (tertiary/aromatic N) is 2. The van der Waals surface area contributed by atoms with Gasteiger partial charge in [-0.3, -0.25) is 9.59 Å². The van der Waals surface area contributed by atoms with E-state index < -0.39 is 40.3 Å². The molecule has 1 saturated carbocycles. The van der Waals surface area contributed by atoms with E-state index in [1.807, 2.05) is 11.4 Å². The predicted molar refractivity (Wildman–Crippen MR) is 102 cm³/mol. The Kier molecular flexibility index (Phi) is 5.14. The Labute approximate surface area is 177 Å². The molecular weight excluding hydrogens is 411 g/mol. The number of fused-ring (bicyclic) bond motifs is 2. The molecule has 31 heavy (non-hydrogen) atoms. The van der Waals surface area contributed by atoms with Crippen LogP contribution in [0.15, 0.2) is 35.9 Å². The minimum absolute atomic E-state index is 0.00507. The highest BCUT2D eigenvalue weighted by atomic mass is 19.4. The van der Waals surface area contributed by atoms with Gasteiger partial charge in [0, 0.05) is 11.0 Å². The van der Waals surface area contributed by atoms with E-state index in [9.17, 15) is 33.3 Å². The highest BCUT2D eigenvalue weighted by Crippen LogP contribution is 2.74. The summed E-state index contributed by atoms with van der Waals surface area (Å²) < 4.78 is 44.8. The maximum Gasteiger partial charge on any atom is 0.471 e. The van der Waals surface area contributed by atoms with Gasteiger partial charge in [0.05, 0.1) is 30.2 Å². The number of halogens is 3. The van der Waals surface area contributed by atoms with E-state index >= 15 is 0 Å². The third kappa shape index (κ3) is 2.76. The largest absolute Gasteiger partial charge is 0.471 e. The average Bonchev–Trinajstić information content (AvgIpc) is 3.01. The van der Waals surface area contributed by atoms with E-state index in [2.05, 4.69) is 6.07 Å². The number of hydrogen-bond acceptors (Lipinski definition) is 5. The average molecular weight is 431 g/mol. The molecule has 1 aromatic rings. The Hall–Kier alpha value is -3.33. The number of hydrogen-bond donors (Lipinski definition) is 1. The summed E-state index contributed by atoms with van der Waals surface area (Å²) >= 11 is 0. The van der Waals surface area contributed by atoms with Crippen molar-refractivity contribution in [3.63, 3.8) is 0 Å². The van der Waals surface area contributed by atoms with Gasteiger partial charge in [-0.05, 0) is 31.4 Å². The number of nitriles is 2. The molecule has 0 spiro atoms. The van der Waals surface area contributed by atoms with E-state index in [0.717, 1.165) is 0 Å². The summed E-state index contributed by atoms with van der Waals surface area (Å²) in [7, 11) is 0. The van der Waals surface area contributed by atoms with Gasteiger partial charge < -0.3 is 10.1 Å². The van der Waals surface area contributed by atoms with Gasteiger partial charge in [-0.1, -0.05) is 37.3 Å². The topological polar surface area (TPSA) is 103 Å². The van der Waals surface area contributed by atoms with E-state index in [0.29, 0.717) is 5.56 Å². The van der Waals surface area contributed by atoms with Crippen LogP contribution in [-0.4, -0.2) is 30.2 Å². The van der Waals surface area contributed by atoms with Crippen molar-refractivity contribution in [1.82, 2.24) is 5.32 Å². The molecule has 1 fully saturated rings. The third-order valence-electron chi connectivity index (χ3n) is 6.85. The van der Waals surface area contributed by atoms with Crippen LogP contribution in [0.1, 0.15) is 32.8 Å². The van der Waals surface area contributed by atoms with Gasteiger partial charge in [0.2, 0.25) is 0 Å². The molecule has 1 unspecified atom stereocenters. The van der Waals surface area contributed by atoms with Gasteiger partial charge in [0.15, 0.2) is 0 Å². The summed E-state index contributed by atoms with van der Waals surface area (Å²) in [6.07, 6.45) is -5.40. The number of ether oxygens (including phenoxy) is 1. The number of carbonyl (C=O) groups excluding carboxylic acids is 2. The molecule has 0 saturated heterocycles. The second-order valence-electron chi connectivity index (χ2n) is 8.03. The number of carbonyl (C=O) groups is 2. The molecule has 2 aliphatic carbocycles. The fourth-order valence-corrected chi connectivity index (χ4v) is 5.23. The molecule has 2 aliphatic rings. The van der Waals surface area contributed by atoms with Gasteiger partial charge in [0.25, 0.3) is 0 Å². The van der Waals surface area contributed by atoms with Crippen LogP contribution in [0.3, 0.4) is 0 Å². The van der Waals surface area contributed by atoms with Crippen LogP contribution < -0.4 is 5.32 Å². The molecule has 0 radical (unpaired) electrons. The van der Waals surface area contributed by atoms with Gasteiger partial charge in [-0.2, -0.15) is 23.7 Å². The van der Waals surface area contributed by atoms with Crippen molar-refractivity contribution in [2.24, 2.45) is 16.7 Å². The predicted octanol–water partition coefficient (Wildman–Crippen LogP) is 3.51. The van der Waals surface area contributed by atoms with Crippen molar-refractivity contribution in [2.75, 3.05) is 6.61 Å². The highest BCUT2D eigenvalue weighted by Gasteiger charge is 2.79. The number of nitrogens with one attached hydrogen (secondary N) is 1. The second-order valence-corrected chi connectivity index (χ2v) is 8.03. The van der Waals surface area contributed by atoms with Gasteiger partial charge in [-0.25, -0.2) is 0 Å². The fraction of sp³-hybridized carbons (Fsp3) is 0.455. The van der Waals surface area contributed by atoms with Crippen molar-refractivity contribution in [3.8, 4) is 12.1 Å².